The van der Waals surface area contributed by atoms with Crippen LogP contribution in [0.5, 0.6) is 5.75 Å². The molecule has 0 aliphatic heterocycles. The smallest absolute Gasteiger partial charge is 0.310 e. The van der Waals surface area contributed by atoms with Gasteiger partial charge < -0.3 is 10.1 Å². The number of ether oxygens (including phenoxy) is 1. The molecule has 0 radical (unpaired) electrons. The quantitative estimate of drug-likeness (QED) is 0.375. The Hall–Kier alpha value is -3.24. The van der Waals surface area contributed by atoms with Gasteiger partial charge in [0.25, 0.3) is 5.91 Å². The summed E-state index contributed by atoms with van der Waals surface area (Å²) in [6, 6.07) is 11.3. The van der Waals surface area contributed by atoms with Crippen molar-refractivity contribution in [1.82, 2.24) is 4.72 Å². The minimum atomic E-state index is -3.66. The zero-order valence-corrected chi connectivity index (χ0v) is 15.8. The minimum Gasteiger partial charge on any atom is -0.474 e. The van der Waals surface area contributed by atoms with Gasteiger partial charge in [0.15, 0.2) is 11.9 Å². The highest BCUT2D eigenvalue weighted by atomic mass is 32.2. The highest BCUT2D eigenvalue weighted by Crippen LogP contribution is 2.27. The SMILES string of the molecule is C=CCNS(=O)(=O)c1ccc(NC(=O)C(C)Oc2ccccc2[N+](=O)[O-])cc1. The van der Waals surface area contributed by atoms with Crippen LogP contribution < -0.4 is 14.8 Å². The van der Waals surface area contributed by atoms with Crippen LogP contribution in [0.4, 0.5) is 11.4 Å². The predicted molar refractivity (Wildman–Crippen MR) is 104 cm³/mol. The fraction of sp³-hybridized carbons (Fsp3) is 0.167. The maximum atomic E-state index is 12.3. The van der Waals surface area contributed by atoms with Crippen LogP contribution in [-0.4, -0.2) is 31.9 Å². The Labute approximate surface area is 162 Å². The zero-order chi connectivity index (χ0) is 20.7. The number of rotatable bonds is 9. The van der Waals surface area contributed by atoms with E-state index in [1.807, 2.05) is 0 Å². The van der Waals surface area contributed by atoms with Gasteiger partial charge in [-0.3, -0.25) is 14.9 Å². The van der Waals surface area contributed by atoms with Gasteiger partial charge in [-0.1, -0.05) is 18.2 Å². The second kappa shape index (κ2) is 9.11. The molecule has 0 aliphatic rings. The summed E-state index contributed by atoms with van der Waals surface area (Å²) in [6.07, 6.45) is 0.406. The molecule has 1 atom stereocenters. The number of nitrogens with one attached hydrogen (secondary N) is 2. The number of anilines is 1. The lowest BCUT2D eigenvalue weighted by Crippen LogP contribution is -2.30. The van der Waals surface area contributed by atoms with E-state index in [2.05, 4.69) is 16.6 Å². The van der Waals surface area contributed by atoms with Gasteiger partial charge in [0.1, 0.15) is 0 Å². The Bertz CT molecular complexity index is 973. The molecule has 28 heavy (non-hydrogen) atoms. The fourth-order valence-corrected chi connectivity index (χ4v) is 3.16. The Morgan fingerprint density at radius 3 is 2.50 bits per heavy atom. The molecule has 0 fully saturated rings. The number of nitro benzene ring substituents is 1. The van der Waals surface area contributed by atoms with E-state index in [9.17, 15) is 23.3 Å². The lowest BCUT2D eigenvalue weighted by molar-refractivity contribution is -0.386. The predicted octanol–water partition coefficient (Wildman–Crippen LogP) is 2.47. The molecule has 0 saturated heterocycles. The molecule has 2 aromatic carbocycles. The van der Waals surface area contributed by atoms with Gasteiger partial charge in [0, 0.05) is 18.3 Å². The average molecular weight is 405 g/mol. The second-order valence-corrected chi connectivity index (χ2v) is 7.41. The van der Waals surface area contributed by atoms with Crippen LogP contribution in [0.3, 0.4) is 0 Å². The normalized spacial score (nSPS) is 12.0. The van der Waals surface area contributed by atoms with Crippen molar-refractivity contribution in [2.24, 2.45) is 0 Å². The molecule has 1 amide bonds. The van der Waals surface area contributed by atoms with Crippen molar-refractivity contribution in [3.05, 3.63) is 71.3 Å². The number of carbonyl (C=O) groups is 1. The molecule has 9 nitrogen and oxygen atoms in total. The number of sulfonamides is 1. The largest absolute Gasteiger partial charge is 0.474 e. The molecule has 10 heteroatoms. The summed E-state index contributed by atoms with van der Waals surface area (Å²) in [5.41, 5.74) is 0.106. The van der Waals surface area contributed by atoms with E-state index in [-0.39, 0.29) is 22.9 Å². The molecule has 0 saturated carbocycles. The molecule has 0 aromatic heterocycles. The first-order valence-electron chi connectivity index (χ1n) is 8.16. The maximum Gasteiger partial charge on any atom is 0.310 e. The second-order valence-electron chi connectivity index (χ2n) is 5.64. The standard InChI is InChI=1S/C18H19N3O6S/c1-3-12-19-28(25,26)15-10-8-14(9-11-15)20-18(22)13(2)27-17-7-5-4-6-16(17)21(23)24/h3-11,13,19H,1,12H2,2H3,(H,20,22). The number of hydrogen-bond acceptors (Lipinski definition) is 6. The summed E-state index contributed by atoms with van der Waals surface area (Å²) in [7, 11) is -3.66. The van der Waals surface area contributed by atoms with Crippen LogP contribution in [0.25, 0.3) is 0 Å². The highest BCUT2D eigenvalue weighted by Gasteiger charge is 2.21. The summed E-state index contributed by atoms with van der Waals surface area (Å²) in [4.78, 5) is 22.7. The molecule has 0 heterocycles. The van der Waals surface area contributed by atoms with Crippen LogP contribution >= 0.6 is 0 Å². The van der Waals surface area contributed by atoms with Gasteiger partial charge in [0.2, 0.25) is 10.0 Å². The number of nitro groups is 1. The number of para-hydroxylation sites is 2. The third kappa shape index (κ3) is 5.38. The van der Waals surface area contributed by atoms with Gasteiger partial charge >= 0.3 is 5.69 Å². The average Bonchev–Trinajstić information content (AvgIpc) is 2.67. The molecule has 2 rings (SSSR count). The van der Waals surface area contributed by atoms with Crippen LogP contribution in [0.1, 0.15) is 6.92 Å². The number of hydrogen-bond donors (Lipinski definition) is 2. The molecule has 0 aliphatic carbocycles. The van der Waals surface area contributed by atoms with E-state index in [1.54, 1.807) is 6.07 Å². The number of nitrogens with zero attached hydrogens (tertiary/aromatic N) is 1. The number of carbonyl (C=O) groups excluding carboxylic acids is 1. The van der Waals surface area contributed by atoms with Crippen molar-refractivity contribution in [1.29, 1.82) is 0 Å². The van der Waals surface area contributed by atoms with E-state index in [0.29, 0.717) is 5.69 Å². The lowest BCUT2D eigenvalue weighted by atomic mass is 10.2. The third-order valence-corrected chi connectivity index (χ3v) is 5.02. The van der Waals surface area contributed by atoms with Gasteiger partial charge in [-0.25, -0.2) is 13.1 Å². The van der Waals surface area contributed by atoms with E-state index in [4.69, 9.17) is 4.74 Å². The molecule has 0 bridgehead atoms. The van der Waals surface area contributed by atoms with Crippen molar-refractivity contribution < 1.29 is 22.9 Å². The van der Waals surface area contributed by atoms with Crippen molar-refractivity contribution in [2.45, 2.75) is 17.9 Å². The maximum absolute atomic E-state index is 12.3. The van der Waals surface area contributed by atoms with Crippen LogP contribution in [0.15, 0.2) is 66.1 Å². The number of amides is 1. The summed E-state index contributed by atoms with van der Waals surface area (Å²) in [5, 5.41) is 13.6. The first-order valence-corrected chi connectivity index (χ1v) is 9.64. The Kier molecular flexibility index (Phi) is 6.85. The fourth-order valence-electron chi connectivity index (χ4n) is 2.16. The van der Waals surface area contributed by atoms with Gasteiger partial charge in [-0.15, -0.1) is 6.58 Å². The topological polar surface area (TPSA) is 128 Å². The molecular formula is C18H19N3O6S. The van der Waals surface area contributed by atoms with E-state index < -0.39 is 27.0 Å². The summed E-state index contributed by atoms with van der Waals surface area (Å²) in [6.45, 7) is 4.99. The zero-order valence-electron chi connectivity index (χ0n) is 15.0. The Morgan fingerprint density at radius 1 is 1.25 bits per heavy atom. The van der Waals surface area contributed by atoms with Gasteiger partial charge in [-0.05, 0) is 37.3 Å². The summed E-state index contributed by atoms with van der Waals surface area (Å²) >= 11 is 0. The third-order valence-electron chi connectivity index (χ3n) is 3.58. The van der Waals surface area contributed by atoms with Gasteiger partial charge in [0.05, 0.1) is 9.82 Å². The van der Waals surface area contributed by atoms with Crippen LogP contribution in [0, 0.1) is 10.1 Å². The van der Waals surface area contributed by atoms with Crippen molar-refractivity contribution >= 4 is 27.3 Å². The summed E-state index contributed by atoms with van der Waals surface area (Å²) < 4.78 is 31.7. The molecule has 148 valence electrons. The molecule has 1 unspecified atom stereocenters. The number of benzene rings is 2. The van der Waals surface area contributed by atoms with E-state index >= 15 is 0 Å². The van der Waals surface area contributed by atoms with Crippen molar-refractivity contribution in [3.63, 3.8) is 0 Å². The molecule has 0 spiro atoms. The summed E-state index contributed by atoms with van der Waals surface area (Å²) in [5.74, 6) is -0.566. The molecule has 2 aromatic rings. The Balaban J connectivity index is 2.05. The van der Waals surface area contributed by atoms with Gasteiger partial charge in [-0.2, -0.15) is 0 Å². The van der Waals surface area contributed by atoms with Crippen LogP contribution in [0.2, 0.25) is 0 Å². The first kappa shape index (κ1) is 21.1. The van der Waals surface area contributed by atoms with Crippen LogP contribution in [-0.2, 0) is 14.8 Å². The minimum absolute atomic E-state index is 0.0233. The highest BCUT2D eigenvalue weighted by molar-refractivity contribution is 7.89. The lowest BCUT2D eigenvalue weighted by Gasteiger charge is -2.15. The molecular weight excluding hydrogens is 386 g/mol. The van der Waals surface area contributed by atoms with Crippen molar-refractivity contribution in [3.8, 4) is 5.75 Å². The van der Waals surface area contributed by atoms with E-state index in [1.165, 1.54) is 55.5 Å². The first-order chi connectivity index (χ1) is 13.2. The molecule has 2 N–H and O–H groups in total. The van der Waals surface area contributed by atoms with Crippen molar-refractivity contribution in [2.75, 3.05) is 11.9 Å². The van der Waals surface area contributed by atoms with E-state index in [0.717, 1.165) is 0 Å². The monoisotopic (exact) mass is 405 g/mol. The Morgan fingerprint density at radius 2 is 1.89 bits per heavy atom.